The molecule has 1 unspecified atom stereocenters. The smallest absolute Gasteiger partial charge is 0.176 e. The molecule has 5 nitrogen and oxygen atoms in total. The van der Waals surface area contributed by atoms with Gasteiger partial charge in [0.05, 0.1) is 25.5 Å². The summed E-state index contributed by atoms with van der Waals surface area (Å²) in [5, 5.41) is 4.16. The number of benzene rings is 1. The summed E-state index contributed by atoms with van der Waals surface area (Å²) in [6.45, 7) is 8.26. The van der Waals surface area contributed by atoms with Crippen LogP contribution in [-0.4, -0.2) is 38.0 Å². The van der Waals surface area contributed by atoms with Crippen LogP contribution in [0.2, 0.25) is 0 Å². The molecule has 5 heteroatoms. The van der Waals surface area contributed by atoms with Crippen LogP contribution in [0.3, 0.4) is 0 Å². The second kappa shape index (κ2) is 9.54. The maximum atomic E-state index is 5.86. The minimum atomic E-state index is -0.298. The molecule has 0 aromatic heterocycles. The number of ether oxygens (including phenoxy) is 2. The Morgan fingerprint density at radius 1 is 1.23 bits per heavy atom. The molecule has 0 bridgehead atoms. The van der Waals surface area contributed by atoms with Gasteiger partial charge in [-0.15, -0.1) is 0 Å². The average molecular weight is 422 g/mol. The molecule has 0 radical (unpaired) electrons. The summed E-state index contributed by atoms with van der Waals surface area (Å²) >= 11 is 0. The topological polar surface area (TPSA) is 69.2 Å². The van der Waals surface area contributed by atoms with Gasteiger partial charge in [-0.2, -0.15) is 5.10 Å². The summed E-state index contributed by atoms with van der Waals surface area (Å²) in [5.74, 6) is 14.1. The molecule has 1 aromatic rings. The van der Waals surface area contributed by atoms with Crippen molar-refractivity contribution in [2.24, 2.45) is 33.2 Å². The van der Waals surface area contributed by atoms with Gasteiger partial charge in [0.25, 0.3) is 0 Å². The number of aliphatic imine (C=N–C) groups is 1. The lowest BCUT2D eigenvalue weighted by Gasteiger charge is -2.33. The first-order valence-electron chi connectivity index (χ1n) is 11.6. The lowest BCUT2D eigenvalue weighted by atomic mass is 9.85. The van der Waals surface area contributed by atoms with Crippen LogP contribution in [0.5, 0.6) is 0 Å². The van der Waals surface area contributed by atoms with Crippen molar-refractivity contribution in [1.29, 1.82) is 0 Å². The molecule has 0 amide bonds. The van der Waals surface area contributed by atoms with Gasteiger partial charge in [-0.3, -0.25) is 4.99 Å². The van der Waals surface area contributed by atoms with Crippen LogP contribution in [0.15, 0.2) is 28.3 Å². The normalized spacial score (nSPS) is 22.9. The zero-order valence-electron chi connectivity index (χ0n) is 19.1. The Labute approximate surface area is 186 Å². The van der Waals surface area contributed by atoms with E-state index in [1.54, 1.807) is 0 Å². The monoisotopic (exact) mass is 421 g/mol. The van der Waals surface area contributed by atoms with E-state index < -0.39 is 0 Å². The second-order valence-electron chi connectivity index (χ2n) is 10.1. The fraction of sp³-hybridized carbons (Fsp3) is 0.615. The Bertz CT molecular complexity index is 891. The molecular weight excluding hydrogens is 386 g/mol. The molecule has 4 rings (SSSR count). The molecular formula is C26H35N3O2. The van der Waals surface area contributed by atoms with Crippen LogP contribution < -0.4 is 5.84 Å². The van der Waals surface area contributed by atoms with Crippen molar-refractivity contribution in [3.05, 3.63) is 34.9 Å². The van der Waals surface area contributed by atoms with Crippen LogP contribution in [0.1, 0.15) is 68.6 Å². The van der Waals surface area contributed by atoms with E-state index in [0.717, 1.165) is 23.6 Å². The van der Waals surface area contributed by atoms with Gasteiger partial charge in [-0.25, -0.2) is 0 Å². The van der Waals surface area contributed by atoms with Crippen molar-refractivity contribution < 1.29 is 9.47 Å². The van der Waals surface area contributed by atoms with Crippen molar-refractivity contribution in [2.45, 2.75) is 65.1 Å². The predicted octanol–water partition coefficient (Wildman–Crippen LogP) is 4.42. The third-order valence-electron chi connectivity index (χ3n) is 6.22. The molecule has 1 saturated heterocycles. The Balaban J connectivity index is 1.48. The van der Waals surface area contributed by atoms with Crippen molar-refractivity contribution in [1.82, 2.24) is 0 Å². The lowest BCUT2D eigenvalue weighted by molar-refractivity contribution is -0.215. The zero-order chi connectivity index (χ0) is 21.8. The van der Waals surface area contributed by atoms with Gasteiger partial charge >= 0.3 is 0 Å². The number of nitrogens with two attached hydrogens (primary N) is 1. The predicted molar refractivity (Wildman–Crippen MR) is 125 cm³/mol. The molecule has 166 valence electrons. The number of hydrogen-bond donors (Lipinski definition) is 1. The Morgan fingerprint density at radius 2 is 1.97 bits per heavy atom. The third kappa shape index (κ3) is 6.41. The summed E-state index contributed by atoms with van der Waals surface area (Å²) in [6.07, 6.45) is 7.61. The number of hydrazone groups is 1. The van der Waals surface area contributed by atoms with E-state index in [0.29, 0.717) is 25.7 Å². The molecule has 1 aliphatic heterocycles. The van der Waals surface area contributed by atoms with Gasteiger partial charge < -0.3 is 15.3 Å². The number of rotatable bonds is 7. The average Bonchev–Trinajstić information content (AvgIpc) is 3.66. The van der Waals surface area contributed by atoms with E-state index in [4.69, 9.17) is 15.3 Å². The zero-order valence-corrected chi connectivity index (χ0v) is 19.1. The molecule has 0 spiro atoms. The highest BCUT2D eigenvalue weighted by atomic mass is 16.7. The first-order chi connectivity index (χ1) is 14.9. The molecule has 31 heavy (non-hydrogen) atoms. The Hall–Kier alpha value is -2.16. The van der Waals surface area contributed by atoms with Crippen LogP contribution in [0.4, 0.5) is 0 Å². The van der Waals surface area contributed by atoms with E-state index in [-0.39, 0.29) is 17.6 Å². The van der Waals surface area contributed by atoms with Crippen LogP contribution in [-0.2, 0) is 9.47 Å². The van der Waals surface area contributed by atoms with Crippen molar-refractivity contribution in [3.8, 4) is 11.8 Å². The fourth-order valence-corrected chi connectivity index (χ4v) is 3.88. The summed E-state index contributed by atoms with van der Waals surface area (Å²) in [7, 11) is 0. The van der Waals surface area contributed by atoms with E-state index in [1.807, 2.05) is 6.21 Å². The molecule has 2 saturated carbocycles. The standard InChI is InChI=1S/C26H35N3O2/c1-18-4-5-20(9-8-19-6-7-19)12-22(18)23(13-21-10-11-21)24(29-27)14-28-15-25-30-16-26(2,3)17-31-25/h4-5,12,14,19,21,23,25H,6-7,10-11,13,15-17,27H2,1-3H3/b28-14?,29-24+. The molecule has 1 heterocycles. The van der Waals surface area contributed by atoms with Gasteiger partial charge in [0, 0.05) is 29.0 Å². The first-order valence-corrected chi connectivity index (χ1v) is 11.6. The summed E-state index contributed by atoms with van der Waals surface area (Å²) in [5.41, 5.74) is 4.46. The van der Waals surface area contributed by atoms with Crippen molar-refractivity contribution >= 4 is 11.9 Å². The maximum absolute atomic E-state index is 5.86. The van der Waals surface area contributed by atoms with Crippen molar-refractivity contribution in [3.63, 3.8) is 0 Å². The molecule has 1 atom stereocenters. The molecule has 3 aliphatic rings. The number of nitrogens with zero attached hydrogens (tertiary/aromatic N) is 2. The van der Waals surface area contributed by atoms with Gasteiger partial charge in [0.1, 0.15) is 0 Å². The van der Waals surface area contributed by atoms with Crippen molar-refractivity contribution in [2.75, 3.05) is 19.8 Å². The SMILES string of the molecule is Cc1ccc(C#CC2CC2)cc1C(CC1CC1)/C(C=NCC1OCC(C)(C)CO1)=N/N. The highest BCUT2D eigenvalue weighted by Crippen LogP contribution is 2.40. The quantitative estimate of drug-likeness (QED) is 0.307. The van der Waals surface area contributed by atoms with E-state index in [9.17, 15) is 0 Å². The van der Waals surface area contributed by atoms with Crippen LogP contribution >= 0.6 is 0 Å². The highest BCUT2D eigenvalue weighted by Gasteiger charge is 2.30. The first kappa shape index (κ1) is 22.0. The van der Waals surface area contributed by atoms with Gasteiger partial charge in [0.2, 0.25) is 0 Å². The minimum Gasteiger partial charge on any atom is -0.350 e. The summed E-state index contributed by atoms with van der Waals surface area (Å²) < 4.78 is 11.6. The van der Waals surface area contributed by atoms with E-state index in [1.165, 1.54) is 36.8 Å². The van der Waals surface area contributed by atoms with Crippen LogP contribution in [0.25, 0.3) is 0 Å². The minimum absolute atomic E-state index is 0.0599. The molecule has 2 aliphatic carbocycles. The summed E-state index contributed by atoms with van der Waals surface area (Å²) in [6, 6.07) is 6.52. The second-order valence-corrected chi connectivity index (χ2v) is 10.1. The van der Waals surface area contributed by atoms with E-state index >= 15 is 0 Å². The third-order valence-corrected chi connectivity index (χ3v) is 6.22. The number of hydrogen-bond acceptors (Lipinski definition) is 5. The largest absolute Gasteiger partial charge is 0.350 e. The van der Waals surface area contributed by atoms with Crippen LogP contribution in [0, 0.1) is 36.0 Å². The fourth-order valence-electron chi connectivity index (χ4n) is 3.88. The van der Waals surface area contributed by atoms with Gasteiger partial charge in [-0.05, 0) is 55.4 Å². The van der Waals surface area contributed by atoms with E-state index in [2.05, 4.69) is 60.9 Å². The van der Waals surface area contributed by atoms with Gasteiger partial charge in [0.15, 0.2) is 6.29 Å². The Kier molecular flexibility index (Phi) is 6.79. The Morgan fingerprint density at radius 3 is 2.61 bits per heavy atom. The molecule has 1 aromatic carbocycles. The molecule has 2 N–H and O–H groups in total. The highest BCUT2D eigenvalue weighted by molar-refractivity contribution is 6.33. The molecule has 3 fully saturated rings. The maximum Gasteiger partial charge on any atom is 0.176 e. The van der Waals surface area contributed by atoms with Gasteiger partial charge in [-0.1, -0.05) is 44.6 Å². The summed E-state index contributed by atoms with van der Waals surface area (Å²) in [4.78, 5) is 4.59. The lowest BCUT2D eigenvalue weighted by Crippen LogP contribution is -2.39. The number of aryl methyl sites for hydroxylation is 1.